The Hall–Kier alpha value is -3.79. The molecule has 0 aliphatic carbocycles. The van der Waals surface area contributed by atoms with Crippen molar-refractivity contribution in [2.75, 3.05) is 0 Å². The Morgan fingerprint density at radius 2 is 0.398 bits per heavy atom. The second-order valence-electron chi connectivity index (χ2n) is 41.9. The van der Waals surface area contributed by atoms with Crippen molar-refractivity contribution in [3.8, 4) is 19.5 Å². The minimum atomic E-state index is -2.05. The van der Waals surface area contributed by atoms with E-state index in [1.165, 1.54) is 288 Å². The molecule has 0 radical (unpaired) electrons. The fourth-order valence-electron chi connectivity index (χ4n) is 23.4. The van der Waals surface area contributed by atoms with Crippen molar-refractivity contribution < 1.29 is 10.2 Å². The van der Waals surface area contributed by atoms with E-state index in [1.807, 2.05) is 45.3 Å². The van der Waals surface area contributed by atoms with Gasteiger partial charge in [-0.3, -0.25) is 0 Å². The molecular formula is C118H180O2S6Si2. The van der Waals surface area contributed by atoms with Crippen molar-refractivity contribution in [3.63, 3.8) is 0 Å². The molecule has 0 aliphatic rings. The number of hydrogen-bond donors (Lipinski definition) is 2. The van der Waals surface area contributed by atoms with Crippen molar-refractivity contribution in [1.82, 2.24) is 0 Å². The summed E-state index contributed by atoms with van der Waals surface area (Å²) in [4.78, 5) is 4.84. The highest BCUT2D eigenvalue weighted by molar-refractivity contribution is 7.40. The number of thiophene rings is 6. The second-order valence-corrected chi connectivity index (χ2v) is 60.7. The molecule has 0 atom stereocenters. The third-order valence-corrected chi connectivity index (χ3v) is 53.4. The fraction of sp³-hybridized carbons (Fsp3) is 0.644. The number of fused-ring (bicyclic) bond motifs is 3. The lowest BCUT2D eigenvalue weighted by Gasteiger charge is -2.42. The van der Waals surface area contributed by atoms with Crippen LogP contribution in [0.25, 0.3) is 47.7 Å². The van der Waals surface area contributed by atoms with E-state index >= 15 is 10.2 Å². The van der Waals surface area contributed by atoms with Gasteiger partial charge in [0.15, 0.2) is 0 Å². The summed E-state index contributed by atoms with van der Waals surface area (Å²) < 4.78 is 11.1. The first kappa shape index (κ1) is 106. The summed E-state index contributed by atoms with van der Waals surface area (Å²) in [5, 5.41) is 33.5. The van der Waals surface area contributed by atoms with Crippen LogP contribution in [0.3, 0.4) is 0 Å². The summed E-state index contributed by atoms with van der Waals surface area (Å²) >= 11 is 12.1. The first-order chi connectivity index (χ1) is 61.9. The molecule has 0 saturated carbocycles. The topological polar surface area (TPSA) is 40.5 Å². The van der Waals surface area contributed by atoms with Crippen molar-refractivity contribution in [3.05, 3.63) is 175 Å². The SMILES string of the molecule is CCCCCCCc1cc(CCCCCCC)cc(C(O)(c2cc(CCCCCCC)cc(CCCCCCC)c2)c2c(-c3cc4sc([Si](C(C)C)(C(C)C)C(C)C)cc4s3)sc3c(C(O)(c4cc(CCCCCCC)cc(CCCCCCC)c4)c4cc(CCCCCCC)cc(CCCCCCC)c4)c(-c4cc5sc([Si](C(C)C)(C(C)C)C(C)C)cc5s4)sc23)c1. The first-order valence-corrected chi connectivity index (χ1v) is 62.9. The summed E-state index contributed by atoms with van der Waals surface area (Å²) in [6.45, 7) is 49.3. The zero-order valence-electron chi connectivity index (χ0n) is 85.0. The Kier molecular flexibility index (Phi) is 44.1. The van der Waals surface area contributed by atoms with Crippen LogP contribution in [0.1, 0.15) is 473 Å². The van der Waals surface area contributed by atoms with Crippen LogP contribution < -0.4 is 9.00 Å². The molecule has 0 spiro atoms. The van der Waals surface area contributed by atoms with Gasteiger partial charge in [0.25, 0.3) is 0 Å². The van der Waals surface area contributed by atoms with Gasteiger partial charge < -0.3 is 10.2 Å². The highest BCUT2D eigenvalue weighted by atomic mass is 32.1. The van der Waals surface area contributed by atoms with Gasteiger partial charge >= 0.3 is 0 Å². The highest BCUT2D eigenvalue weighted by Gasteiger charge is 2.50. The monoisotopic (exact) mass is 1880 g/mol. The second kappa shape index (κ2) is 53.1. The van der Waals surface area contributed by atoms with E-state index in [-0.39, 0.29) is 0 Å². The Bertz CT molecular complexity index is 4210. The first-order valence-electron chi connectivity index (χ1n) is 53.5. The Morgan fingerprint density at radius 3 is 0.570 bits per heavy atom. The number of rotatable bonds is 64. The molecule has 0 amide bonds. The lowest BCUT2D eigenvalue weighted by Crippen LogP contribution is -2.54. The van der Waals surface area contributed by atoms with Crippen LogP contribution in [-0.4, -0.2) is 26.4 Å². The van der Waals surface area contributed by atoms with Gasteiger partial charge in [-0.15, -0.1) is 68.0 Å². The van der Waals surface area contributed by atoms with Crippen LogP contribution >= 0.6 is 68.0 Å². The Labute approximate surface area is 810 Å². The van der Waals surface area contributed by atoms with Gasteiger partial charge in [-0.05, 0) is 236 Å². The van der Waals surface area contributed by atoms with Crippen molar-refractivity contribution in [2.24, 2.45) is 0 Å². The Morgan fingerprint density at radius 1 is 0.219 bits per heavy atom. The number of aliphatic hydroxyl groups is 2. The molecule has 10 rings (SSSR count). The Balaban J connectivity index is 1.46. The zero-order chi connectivity index (χ0) is 92.0. The van der Waals surface area contributed by atoms with E-state index in [0.29, 0.717) is 33.2 Å². The molecule has 708 valence electrons. The summed E-state index contributed by atoms with van der Waals surface area (Å²) in [5.74, 6) is 0. The van der Waals surface area contributed by atoms with Crippen LogP contribution in [0.4, 0.5) is 0 Å². The fourth-order valence-corrected chi connectivity index (χ4v) is 49.7. The van der Waals surface area contributed by atoms with Crippen LogP contribution in [0.2, 0.25) is 33.2 Å². The molecule has 2 N–H and O–H groups in total. The molecule has 10 heteroatoms. The van der Waals surface area contributed by atoms with E-state index < -0.39 is 27.3 Å². The quantitative estimate of drug-likeness (QED) is 0.0295. The maximum atomic E-state index is 16.8. The van der Waals surface area contributed by atoms with Crippen molar-refractivity contribution in [1.29, 1.82) is 0 Å². The van der Waals surface area contributed by atoms with Crippen LogP contribution in [0.15, 0.2) is 97.1 Å². The van der Waals surface area contributed by atoms with Gasteiger partial charge in [-0.1, -0.05) is 417 Å². The molecule has 0 fully saturated rings. The largest absolute Gasteiger partial charge is 0.376 e. The van der Waals surface area contributed by atoms with Gasteiger partial charge in [-0.2, -0.15) is 0 Å². The maximum absolute atomic E-state index is 16.8. The van der Waals surface area contributed by atoms with E-state index in [2.05, 4.69) is 258 Å². The molecule has 6 heterocycles. The summed E-state index contributed by atoms with van der Waals surface area (Å²) in [5.41, 5.74) is 17.4. The number of benzene rings is 4. The lowest BCUT2D eigenvalue weighted by molar-refractivity contribution is 0.127. The molecule has 0 saturated heterocycles. The molecule has 10 aromatic rings. The number of hydrogen-bond acceptors (Lipinski definition) is 8. The van der Waals surface area contributed by atoms with Gasteiger partial charge in [-0.25, -0.2) is 0 Å². The van der Waals surface area contributed by atoms with Crippen LogP contribution in [0.5, 0.6) is 0 Å². The van der Waals surface area contributed by atoms with E-state index in [9.17, 15) is 0 Å². The summed E-state index contributed by atoms with van der Waals surface area (Å²) in [6.07, 6.45) is 56.7. The molecule has 128 heavy (non-hydrogen) atoms. The lowest BCUT2D eigenvalue weighted by atomic mass is 9.75. The highest BCUT2D eigenvalue weighted by Crippen LogP contribution is 2.62. The molecule has 4 aromatic carbocycles. The molecule has 0 unspecified atom stereocenters. The predicted octanol–water partition coefficient (Wildman–Crippen LogP) is 39.3. The van der Waals surface area contributed by atoms with Gasteiger partial charge in [0.05, 0.1) is 19.2 Å². The number of aryl methyl sites for hydroxylation is 8. The molecule has 0 aliphatic heterocycles. The minimum Gasteiger partial charge on any atom is -0.376 e. The normalized spacial score (nSPS) is 12.8. The molecule has 2 nitrogen and oxygen atoms in total. The van der Waals surface area contributed by atoms with Gasteiger partial charge in [0.1, 0.15) is 27.3 Å². The van der Waals surface area contributed by atoms with Gasteiger partial charge in [0.2, 0.25) is 0 Å². The van der Waals surface area contributed by atoms with E-state index in [0.717, 1.165) is 146 Å². The average molecular weight is 1880 g/mol. The van der Waals surface area contributed by atoms with Crippen LogP contribution in [0, 0.1) is 0 Å². The molecule has 6 aromatic heterocycles. The zero-order valence-corrected chi connectivity index (χ0v) is 91.9. The molecule has 0 bridgehead atoms. The van der Waals surface area contributed by atoms with Crippen molar-refractivity contribution in [2.45, 2.75) is 491 Å². The number of unbranched alkanes of at least 4 members (excludes halogenated alkanes) is 32. The third kappa shape index (κ3) is 26.5. The standard InChI is InChI=1S/C118H180O2S6Si2/c1-21-29-37-45-53-61-91-69-92(62-54-46-38-30-22-2)74-99(73-91)117(119,100-75-93(63-55-47-39-31-23-3)70-94(76-100)64-56-48-40-32-24-4)111-113(107-81-103-105(121-107)83-109(123-103)127(85(9)10,86(11)12)87(13)14)125-116-112(114(126-115(111)116)108-82-104-106(122-108)84-110(124-104)128(88(15)16,89(17)18)90(19)20)118(120,101-77-95(65-57-49-41-33-25-5)71-96(78-101)66-58-50-42-34-26-6)102-79-97(67-59-51-43-35-27-7)72-98(80-102)68-60-52-44-36-28-8/h69-90,119-120H,21-68H2,1-20H3. The maximum Gasteiger partial charge on any atom is 0.143 e. The van der Waals surface area contributed by atoms with E-state index in [4.69, 9.17) is 0 Å². The minimum absolute atomic E-state index is 0.590. The van der Waals surface area contributed by atoms with Crippen molar-refractivity contribution >= 4 is 121 Å². The van der Waals surface area contributed by atoms with Gasteiger partial charge in [0, 0.05) is 39.7 Å². The summed E-state index contributed by atoms with van der Waals surface area (Å²) in [7, 11) is -4.11. The molecular weight excluding hydrogens is 1700 g/mol. The van der Waals surface area contributed by atoms with Crippen LogP contribution in [-0.2, 0) is 62.6 Å². The summed E-state index contributed by atoms with van der Waals surface area (Å²) in [6, 6.07) is 41.3. The third-order valence-electron chi connectivity index (χ3n) is 30.1. The smallest absolute Gasteiger partial charge is 0.143 e. The van der Waals surface area contributed by atoms with E-state index in [1.54, 1.807) is 9.00 Å². The predicted molar refractivity (Wildman–Crippen MR) is 588 cm³/mol. The average Bonchev–Trinajstić information content (AvgIpc) is 1.53.